The summed E-state index contributed by atoms with van der Waals surface area (Å²) in [6.07, 6.45) is -3.94. The highest BCUT2D eigenvalue weighted by molar-refractivity contribution is 6.15. The van der Waals surface area contributed by atoms with Gasteiger partial charge in [0.1, 0.15) is 5.70 Å². The van der Waals surface area contributed by atoms with Crippen LogP contribution in [0.2, 0.25) is 0 Å². The van der Waals surface area contributed by atoms with Gasteiger partial charge in [-0.3, -0.25) is 14.5 Å². The van der Waals surface area contributed by atoms with Crippen LogP contribution in [0, 0.1) is 0 Å². The summed E-state index contributed by atoms with van der Waals surface area (Å²) in [6.45, 7) is 2.11. The maximum Gasteiger partial charge on any atom is 0.490 e. The molecule has 1 aliphatic heterocycles. The Labute approximate surface area is 93.5 Å². The average Bonchev–Trinajstić information content (AvgIpc) is 2.40. The van der Waals surface area contributed by atoms with Crippen LogP contribution in [0.15, 0.2) is 11.8 Å². The van der Waals surface area contributed by atoms with Crippen molar-refractivity contribution in [1.29, 1.82) is 0 Å². The number of alkyl halides is 3. The van der Waals surface area contributed by atoms with Crippen LogP contribution in [0.5, 0.6) is 0 Å². The minimum absolute atomic E-state index is 0.0341. The van der Waals surface area contributed by atoms with Gasteiger partial charge in [0.15, 0.2) is 0 Å². The number of carbonyl (C=O) groups is 3. The lowest BCUT2D eigenvalue weighted by atomic mass is 10.5. The molecule has 0 unspecified atom stereocenters. The highest BCUT2D eigenvalue weighted by Crippen LogP contribution is 2.13. The number of likely N-dealkylation sites (N-methyl/N-ethyl adjacent to an activating group) is 1. The maximum atomic E-state index is 10.9. The monoisotopic (exact) mass is 254 g/mol. The van der Waals surface area contributed by atoms with Crippen molar-refractivity contribution in [2.24, 2.45) is 5.73 Å². The smallest absolute Gasteiger partial charge is 0.475 e. The first-order chi connectivity index (χ1) is 7.61. The topological polar surface area (TPSA) is 101 Å². The summed E-state index contributed by atoms with van der Waals surface area (Å²) in [5, 5.41) is 7.12. The summed E-state index contributed by atoms with van der Waals surface area (Å²) in [7, 11) is 0. The second-order valence-electron chi connectivity index (χ2n) is 2.79. The van der Waals surface area contributed by atoms with E-state index in [1.54, 1.807) is 6.92 Å². The van der Waals surface area contributed by atoms with Gasteiger partial charge >= 0.3 is 12.1 Å². The first kappa shape index (κ1) is 14.9. The molecule has 17 heavy (non-hydrogen) atoms. The highest BCUT2D eigenvalue weighted by atomic mass is 19.4. The first-order valence-corrected chi connectivity index (χ1v) is 4.24. The number of imide groups is 1. The molecule has 1 aliphatic rings. The van der Waals surface area contributed by atoms with Crippen molar-refractivity contribution in [1.82, 2.24) is 4.90 Å². The van der Waals surface area contributed by atoms with E-state index in [0.717, 1.165) is 11.0 Å². The van der Waals surface area contributed by atoms with E-state index >= 15 is 0 Å². The first-order valence-electron chi connectivity index (χ1n) is 4.24. The summed E-state index contributed by atoms with van der Waals surface area (Å²) in [4.78, 5) is 31.6. The molecule has 0 aliphatic carbocycles. The predicted molar refractivity (Wildman–Crippen MR) is 48.4 cm³/mol. The molecule has 0 bridgehead atoms. The SMILES string of the molecule is CCN1C(=O)C=C(N)C1=O.O=C(O)C(F)(F)F. The van der Waals surface area contributed by atoms with Crippen molar-refractivity contribution < 1.29 is 32.7 Å². The van der Waals surface area contributed by atoms with Crippen LogP contribution in [0.4, 0.5) is 13.2 Å². The Morgan fingerprint density at radius 1 is 1.47 bits per heavy atom. The van der Waals surface area contributed by atoms with Gasteiger partial charge in [0, 0.05) is 12.6 Å². The van der Waals surface area contributed by atoms with E-state index in [-0.39, 0.29) is 17.5 Å². The van der Waals surface area contributed by atoms with Gasteiger partial charge in [-0.1, -0.05) is 0 Å². The van der Waals surface area contributed by atoms with Crippen LogP contribution in [-0.4, -0.2) is 40.5 Å². The van der Waals surface area contributed by atoms with Crippen LogP contribution in [0.25, 0.3) is 0 Å². The maximum absolute atomic E-state index is 10.9. The number of nitrogens with two attached hydrogens (primary N) is 1. The number of hydrogen-bond acceptors (Lipinski definition) is 4. The number of aliphatic carboxylic acids is 1. The second kappa shape index (κ2) is 5.32. The number of carboxylic acid groups (broad SMARTS) is 1. The van der Waals surface area contributed by atoms with Gasteiger partial charge in [0.25, 0.3) is 11.8 Å². The summed E-state index contributed by atoms with van der Waals surface area (Å²) in [6, 6.07) is 0. The van der Waals surface area contributed by atoms with E-state index in [0.29, 0.717) is 6.54 Å². The molecule has 0 saturated heterocycles. The molecule has 6 nitrogen and oxygen atoms in total. The molecule has 3 N–H and O–H groups in total. The molecule has 0 radical (unpaired) electrons. The van der Waals surface area contributed by atoms with E-state index in [2.05, 4.69) is 0 Å². The van der Waals surface area contributed by atoms with Crippen LogP contribution in [0.1, 0.15) is 6.92 Å². The number of amides is 2. The number of nitrogens with zero attached hydrogens (tertiary/aromatic N) is 1. The third-order valence-corrected chi connectivity index (χ3v) is 1.60. The standard InChI is InChI=1S/C6H8N2O2.C2HF3O2/c1-2-8-5(9)3-4(7)6(8)10;3-2(4,5)1(6)7/h3H,2,7H2,1H3;(H,6,7). The molecule has 0 aromatic rings. The fourth-order valence-electron chi connectivity index (χ4n) is 0.828. The van der Waals surface area contributed by atoms with Crippen LogP contribution < -0.4 is 5.73 Å². The van der Waals surface area contributed by atoms with Crippen LogP contribution in [0.3, 0.4) is 0 Å². The zero-order valence-electron chi connectivity index (χ0n) is 8.61. The van der Waals surface area contributed by atoms with Crippen molar-refractivity contribution in [2.45, 2.75) is 13.1 Å². The van der Waals surface area contributed by atoms with Gasteiger partial charge < -0.3 is 10.8 Å². The lowest BCUT2D eigenvalue weighted by Gasteiger charge is -2.08. The summed E-state index contributed by atoms with van der Waals surface area (Å²) >= 11 is 0. The quantitative estimate of drug-likeness (QED) is 0.634. The Kier molecular flexibility index (Phi) is 4.68. The van der Waals surface area contributed by atoms with E-state index in [4.69, 9.17) is 15.6 Å². The summed E-state index contributed by atoms with van der Waals surface area (Å²) in [5.74, 6) is -3.45. The van der Waals surface area contributed by atoms with E-state index in [1.807, 2.05) is 0 Å². The van der Waals surface area contributed by atoms with Gasteiger partial charge in [-0.2, -0.15) is 13.2 Å². The van der Waals surface area contributed by atoms with Gasteiger partial charge in [-0.25, -0.2) is 4.79 Å². The fourth-order valence-corrected chi connectivity index (χ4v) is 0.828. The van der Waals surface area contributed by atoms with Crippen LogP contribution >= 0.6 is 0 Å². The fraction of sp³-hybridized carbons (Fsp3) is 0.375. The Morgan fingerprint density at radius 2 is 1.88 bits per heavy atom. The van der Waals surface area contributed by atoms with Gasteiger partial charge in [0.2, 0.25) is 0 Å². The summed E-state index contributed by atoms with van der Waals surface area (Å²) < 4.78 is 31.7. The minimum atomic E-state index is -5.08. The number of halogens is 3. The van der Waals surface area contributed by atoms with Crippen molar-refractivity contribution in [3.8, 4) is 0 Å². The normalized spacial score (nSPS) is 15.3. The molecule has 0 spiro atoms. The number of hydrogen-bond donors (Lipinski definition) is 2. The average molecular weight is 254 g/mol. The Bertz CT molecular complexity index is 375. The zero-order valence-corrected chi connectivity index (χ0v) is 8.61. The van der Waals surface area contributed by atoms with E-state index < -0.39 is 12.1 Å². The minimum Gasteiger partial charge on any atom is -0.475 e. The third-order valence-electron chi connectivity index (χ3n) is 1.60. The lowest BCUT2D eigenvalue weighted by molar-refractivity contribution is -0.192. The lowest BCUT2D eigenvalue weighted by Crippen LogP contribution is -2.31. The Balaban J connectivity index is 0.000000325. The molecular formula is C8H9F3N2O4. The van der Waals surface area contributed by atoms with E-state index in [9.17, 15) is 22.8 Å². The highest BCUT2D eigenvalue weighted by Gasteiger charge is 2.38. The van der Waals surface area contributed by atoms with Crippen molar-refractivity contribution >= 4 is 17.8 Å². The molecule has 0 aromatic carbocycles. The molecule has 0 fully saturated rings. The zero-order chi connectivity index (χ0) is 13.8. The predicted octanol–water partition coefficient (Wildman–Crippen LogP) is -0.149. The van der Waals surface area contributed by atoms with Crippen molar-refractivity contribution in [3.63, 3.8) is 0 Å². The van der Waals surface area contributed by atoms with Crippen LogP contribution in [-0.2, 0) is 14.4 Å². The van der Waals surface area contributed by atoms with Gasteiger partial charge in [-0.05, 0) is 6.92 Å². The second-order valence-corrected chi connectivity index (χ2v) is 2.79. The van der Waals surface area contributed by atoms with E-state index in [1.165, 1.54) is 0 Å². The Morgan fingerprint density at radius 3 is 2.00 bits per heavy atom. The molecule has 9 heteroatoms. The van der Waals surface area contributed by atoms with Crippen molar-refractivity contribution in [2.75, 3.05) is 6.54 Å². The number of carboxylic acids is 1. The summed E-state index contributed by atoms with van der Waals surface area (Å²) in [5.41, 5.74) is 5.22. The van der Waals surface area contributed by atoms with Gasteiger partial charge in [0.05, 0.1) is 0 Å². The molecule has 1 heterocycles. The molecule has 0 saturated carbocycles. The van der Waals surface area contributed by atoms with Crippen molar-refractivity contribution in [3.05, 3.63) is 11.8 Å². The molecule has 2 amide bonds. The molecule has 0 atom stereocenters. The molecule has 96 valence electrons. The number of rotatable bonds is 1. The Hall–Kier alpha value is -2.06. The third kappa shape index (κ3) is 4.13. The molecular weight excluding hydrogens is 245 g/mol. The molecule has 1 rings (SSSR count). The number of carbonyl (C=O) groups excluding carboxylic acids is 2. The molecule has 0 aromatic heterocycles. The largest absolute Gasteiger partial charge is 0.490 e. The van der Waals surface area contributed by atoms with Gasteiger partial charge in [-0.15, -0.1) is 0 Å².